The minimum atomic E-state index is -1.49. The van der Waals surface area contributed by atoms with Gasteiger partial charge in [0.05, 0.1) is 32.2 Å². The zero-order chi connectivity index (χ0) is 74.6. The number of hydrogen-bond acceptors (Lipinski definition) is 17. The fourth-order valence-corrected chi connectivity index (χ4v) is 10.1. The van der Waals surface area contributed by atoms with Crippen LogP contribution in [0, 0.1) is 11.8 Å². The standard InChI is InChI=1S/C68H97N19O14/c1-39(2)29-50(59(70)94)85-65(100)53(32-41-13-7-5-8-14-41)81-57(92)38-78-56(91)36-80-61(96)52(34-44-21-25-46(89)26-22-44)87-63(98)49(18-12-28-76-68(73)74)83-62(97)48(17-11-27-75-67(71)72)84-64(99)51(30-40(3)4)86-66(101)54(33-42-15-9-6-10-16-42)82-58(93)37-77-55(90)35-79-60(95)47(69)31-43-19-23-45(88)24-20-43/h5-10,13-16,19-26,39-40,47-54,88-89H,11-12,17-18,27-38,69H2,1-4H3,(H2,70,94)(H,77,90)(H,78,91)(H,79,95)(H,80,96)(H,81,92)(H,82,93)(H,83,97)(H,84,99)(H,85,100)(H,86,101)(H,87,98)(H4,71,72,75)(H4,73,74,76)/t47-,48-,49-,50-,51-,52-,53-,54-/m0/s1. The van der Waals surface area contributed by atoms with Gasteiger partial charge in [0.15, 0.2) is 11.9 Å². The van der Waals surface area contributed by atoms with Gasteiger partial charge in [-0.15, -0.1) is 0 Å². The van der Waals surface area contributed by atoms with E-state index in [4.69, 9.17) is 34.4 Å². The second kappa shape index (κ2) is 43.1. The lowest BCUT2D eigenvalue weighted by molar-refractivity contribution is -0.135. The van der Waals surface area contributed by atoms with E-state index < -0.39 is 145 Å². The summed E-state index contributed by atoms with van der Waals surface area (Å²) in [5, 5.41) is 47.8. The van der Waals surface area contributed by atoms with Crippen LogP contribution in [0.3, 0.4) is 0 Å². The molecule has 8 atom stereocenters. The molecule has 548 valence electrons. The van der Waals surface area contributed by atoms with Gasteiger partial charge in [-0.25, -0.2) is 0 Å². The normalized spacial score (nSPS) is 13.3. The maximum atomic E-state index is 14.7. The van der Waals surface area contributed by atoms with Crippen molar-refractivity contribution < 1.29 is 67.7 Å². The molecule has 0 spiro atoms. The van der Waals surface area contributed by atoms with Gasteiger partial charge in [-0.05, 0) is 103 Å². The van der Waals surface area contributed by atoms with E-state index in [2.05, 4.69) is 68.5 Å². The van der Waals surface area contributed by atoms with E-state index in [-0.39, 0.29) is 113 Å². The van der Waals surface area contributed by atoms with Crippen LogP contribution in [0.1, 0.15) is 88.5 Å². The molecule has 0 aliphatic carbocycles. The quantitative estimate of drug-likeness (QED) is 0.0115. The van der Waals surface area contributed by atoms with Gasteiger partial charge in [0.1, 0.15) is 53.8 Å². The molecule has 4 aromatic carbocycles. The van der Waals surface area contributed by atoms with Gasteiger partial charge in [0.2, 0.25) is 70.9 Å². The van der Waals surface area contributed by atoms with Crippen molar-refractivity contribution >= 4 is 82.8 Å². The summed E-state index contributed by atoms with van der Waals surface area (Å²) in [6, 6.07) is 18.5. The Hall–Kier alpha value is -11.4. The monoisotopic (exact) mass is 1400 g/mol. The van der Waals surface area contributed by atoms with Crippen LogP contribution in [0.5, 0.6) is 11.5 Å². The van der Waals surface area contributed by atoms with E-state index in [0.29, 0.717) is 22.3 Å². The number of hydrogen-bond donors (Lipinski definition) is 19. The van der Waals surface area contributed by atoms with Crippen molar-refractivity contribution in [1.29, 1.82) is 0 Å². The van der Waals surface area contributed by atoms with Crippen molar-refractivity contribution in [3.8, 4) is 11.5 Å². The summed E-state index contributed by atoms with van der Waals surface area (Å²) < 4.78 is 0. The largest absolute Gasteiger partial charge is 0.508 e. The van der Waals surface area contributed by atoms with Crippen molar-refractivity contribution in [3.05, 3.63) is 131 Å². The van der Waals surface area contributed by atoms with Gasteiger partial charge in [-0.1, -0.05) is 113 Å². The van der Waals surface area contributed by atoms with Gasteiger partial charge in [0, 0.05) is 32.4 Å². The number of primary amides is 1. The summed E-state index contributed by atoms with van der Waals surface area (Å²) in [5.74, 6) is -10.7. The van der Waals surface area contributed by atoms with Crippen LogP contribution in [-0.4, -0.2) is 181 Å². The lowest BCUT2D eigenvalue weighted by atomic mass is 10.00. The highest BCUT2D eigenvalue weighted by Crippen LogP contribution is 2.16. The number of carbonyl (C=O) groups excluding carboxylic acids is 12. The molecule has 0 saturated heterocycles. The molecule has 0 radical (unpaired) electrons. The molecular formula is C68H97N19O14. The highest BCUT2D eigenvalue weighted by molar-refractivity contribution is 5.98. The smallest absolute Gasteiger partial charge is 0.243 e. The molecule has 0 aromatic heterocycles. The second-order valence-electron chi connectivity index (χ2n) is 24.8. The predicted octanol–water partition coefficient (Wildman–Crippen LogP) is -3.76. The number of benzene rings is 4. The van der Waals surface area contributed by atoms with Crippen LogP contribution >= 0.6 is 0 Å². The zero-order valence-electron chi connectivity index (χ0n) is 57.1. The number of phenolic OH excluding ortho intramolecular Hbond substituents is 2. The van der Waals surface area contributed by atoms with Crippen LogP contribution in [0.15, 0.2) is 119 Å². The molecule has 0 saturated carbocycles. The van der Waals surface area contributed by atoms with Crippen LogP contribution in [0.4, 0.5) is 0 Å². The van der Waals surface area contributed by atoms with Crippen LogP contribution in [0.2, 0.25) is 0 Å². The van der Waals surface area contributed by atoms with E-state index in [0.717, 1.165) is 0 Å². The molecule has 0 aliphatic rings. The molecule has 12 amide bonds. The Morgan fingerprint density at radius 3 is 1.07 bits per heavy atom. The SMILES string of the molecule is CC(C)C[C@H](NC(=O)[C@H](Cc1ccccc1)NC(=O)CNC(=O)CNC(=O)[C@H](Cc1ccc(O)cc1)NC(=O)[C@H](CCCN=C(N)N)NC(=O)[C@H](CCCN=C(N)N)NC(=O)[C@H](CC(C)C)NC(=O)[C@H](Cc1ccccc1)NC(=O)CNC(=O)CNC(=O)[C@@H](N)Cc1ccc(O)cc1)C(N)=O. The fraction of sp³-hybridized carbons (Fsp3) is 0.441. The first-order chi connectivity index (χ1) is 47.9. The molecule has 33 nitrogen and oxygen atoms in total. The summed E-state index contributed by atoms with van der Waals surface area (Å²) in [6.45, 7) is 4.60. The first-order valence-corrected chi connectivity index (χ1v) is 32.9. The number of phenols is 2. The van der Waals surface area contributed by atoms with Gasteiger partial charge in [-0.3, -0.25) is 67.5 Å². The summed E-state index contributed by atoms with van der Waals surface area (Å²) in [6.07, 6.45) is -0.152. The number of nitrogens with one attached hydrogen (secondary N) is 11. The Morgan fingerprint density at radius 1 is 0.356 bits per heavy atom. The Kier molecular flexibility index (Phi) is 35.0. The van der Waals surface area contributed by atoms with E-state index in [1.807, 2.05) is 13.8 Å². The Morgan fingerprint density at radius 2 is 0.673 bits per heavy atom. The number of rotatable bonds is 43. The van der Waals surface area contributed by atoms with Crippen molar-refractivity contribution in [2.75, 3.05) is 39.3 Å². The number of amides is 12. The summed E-state index contributed by atoms with van der Waals surface area (Å²) in [5.41, 5.74) is 36.3. The highest BCUT2D eigenvalue weighted by Gasteiger charge is 2.34. The molecule has 25 N–H and O–H groups in total. The number of nitrogens with two attached hydrogens (primary N) is 6. The molecule has 0 heterocycles. The minimum absolute atomic E-state index is 0.000811. The van der Waals surface area contributed by atoms with Gasteiger partial charge in [-0.2, -0.15) is 0 Å². The Balaban J connectivity index is 1.53. The summed E-state index contributed by atoms with van der Waals surface area (Å²) in [7, 11) is 0. The molecule has 33 heteroatoms. The molecule has 0 unspecified atom stereocenters. The second-order valence-corrected chi connectivity index (χ2v) is 24.8. The first-order valence-electron chi connectivity index (χ1n) is 32.9. The topological polar surface area (TPSA) is 558 Å². The van der Waals surface area contributed by atoms with Crippen molar-refractivity contribution in [1.82, 2.24) is 58.5 Å². The minimum Gasteiger partial charge on any atom is -0.508 e. The van der Waals surface area contributed by atoms with Crippen molar-refractivity contribution in [2.45, 2.75) is 140 Å². The first kappa shape index (κ1) is 82.0. The summed E-state index contributed by atoms with van der Waals surface area (Å²) >= 11 is 0. The van der Waals surface area contributed by atoms with Crippen LogP contribution in [-0.2, 0) is 83.2 Å². The van der Waals surface area contributed by atoms with Gasteiger partial charge in [0.25, 0.3) is 0 Å². The average molecular weight is 1400 g/mol. The van der Waals surface area contributed by atoms with E-state index in [1.54, 1.807) is 86.6 Å². The third kappa shape index (κ3) is 32.7. The number of aromatic hydroxyl groups is 2. The molecule has 4 aromatic rings. The maximum absolute atomic E-state index is 14.7. The van der Waals surface area contributed by atoms with E-state index in [9.17, 15) is 67.7 Å². The van der Waals surface area contributed by atoms with E-state index in [1.165, 1.54) is 36.4 Å². The van der Waals surface area contributed by atoms with Crippen molar-refractivity contribution in [2.24, 2.45) is 56.2 Å². The molecule has 0 bridgehead atoms. The van der Waals surface area contributed by atoms with E-state index >= 15 is 0 Å². The lowest BCUT2D eigenvalue weighted by Gasteiger charge is -2.28. The molecule has 4 rings (SSSR count). The third-order valence-electron chi connectivity index (χ3n) is 15.2. The average Bonchev–Trinajstić information content (AvgIpc) is 0.881. The Bertz CT molecular complexity index is 3460. The van der Waals surface area contributed by atoms with Crippen LogP contribution < -0.4 is 92.9 Å². The lowest BCUT2D eigenvalue weighted by Crippen LogP contribution is -2.60. The molecule has 101 heavy (non-hydrogen) atoms. The third-order valence-corrected chi connectivity index (χ3v) is 15.2. The molecule has 0 fully saturated rings. The number of guanidine groups is 2. The fourth-order valence-electron chi connectivity index (χ4n) is 10.1. The number of aliphatic imine (C=N–C) groups is 2. The highest BCUT2D eigenvalue weighted by atomic mass is 16.3. The summed E-state index contributed by atoms with van der Waals surface area (Å²) in [4.78, 5) is 172. The predicted molar refractivity (Wildman–Crippen MR) is 375 cm³/mol. The van der Waals surface area contributed by atoms with Crippen molar-refractivity contribution in [3.63, 3.8) is 0 Å². The number of carbonyl (C=O) groups is 12. The molecule has 0 aliphatic heterocycles. The molecular weight excluding hydrogens is 1310 g/mol. The number of nitrogens with zero attached hydrogens (tertiary/aromatic N) is 2. The maximum Gasteiger partial charge on any atom is 0.243 e. The van der Waals surface area contributed by atoms with Crippen LogP contribution in [0.25, 0.3) is 0 Å². The Labute approximate surface area is 585 Å². The zero-order valence-corrected chi connectivity index (χ0v) is 57.1. The van der Waals surface area contributed by atoms with Gasteiger partial charge >= 0.3 is 0 Å². The van der Waals surface area contributed by atoms with Gasteiger partial charge < -0.3 is 103 Å².